The fourth-order valence-corrected chi connectivity index (χ4v) is 3.71. The van der Waals surface area contributed by atoms with Gasteiger partial charge in [0.1, 0.15) is 0 Å². The van der Waals surface area contributed by atoms with E-state index in [2.05, 4.69) is 6.92 Å². The van der Waals surface area contributed by atoms with Crippen molar-refractivity contribution in [1.29, 1.82) is 0 Å². The fourth-order valence-electron chi connectivity index (χ4n) is 3.71. The molecule has 27 heavy (non-hydrogen) atoms. The molecule has 0 spiro atoms. The molecule has 3 nitrogen and oxygen atoms in total. The minimum Gasteiger partial charge on any atom is -0.481 e. The van der Waals surface area contributed by atoms with Crippen molar-refractivity contribution in [1.82, 2.24) is 6.15 Å². The molecular formula is C24H51NO2. The van der Waals surface area contributed by atoms with Crippen LogP contribution in [0.5, 0.6) is 0 Å². The van der Waals surface area contributed by atoms with Crippen LogP contribution in [0, 0.1) is 0 Å². The van der Waals surface area contributed by atoms with Crippen molar-refractivity contribution in [2.24, 2.45) is 0 Å². The molecule has 0 atom stereocenters. The number of aliphatic carboxylic acids is 1. The molecule has 3 heteroatoms. The Morgan fingerprint density at radius 2 is 0.704 bits per heavy atom. The highest BCUT2D eigenvalue weighted by Gasteiger charge is 1.97. The van der Waals surface area contributed by atoms with Crippen LogP contribution < -0.4 is 6.15 Å². The average Bonchev–Trinajstić information content (AvgIpc) is 2.62. The highest BCUT2D eigenvalue weighted by molar-refractivity contribution is 5.66. The van der Waals surface area contributed by atoms with E-state index in [0.717, 1.165) is 12.8 Å². The van der Waals surface area contributed by atoms with E-state index in [1.807, 2.05) is 0 Å². The van der Waals surface area contributed by atoms with Crippen LogP contribution in [0.2, 0.25) is 0 Å². The standard InChI is InChI=1S/C24H48O2.H3N/c1-2-3-4-5-6-7-8-9-10-11-12-13-14-15-16-17-18-19-20-21-22-23-24(25)26;/h2-23H2,1H3,(H,25,26);1H3. The quantitative estimate of drug-likeness (QED) is 0.183. The number of carbonyl (C=O) groups is 1. The maximum atomic E-state index is 10.4. The molecule has 0 aromatic rings. The molecule has 0 unspecified atom stereocenters. The Labute approximate surface area is 170 Å². The zero-order valence-corrected chi connectivity index (χ0v) is 18.6. The second kappa shape index (κ2) is 25.4. The summed E-state index contributed by atoms with van der Waals surface area (Å²) in [6.45, 7) is 2.29. The van der Waals surface area contributed by atoms with Crippen molar-refractivity contribution in [3.8, 4) is 0 Å². The summed E-state index contributed by atoms with van der Waals surface area (Å²) in [5.41, 5.74) is 0. The minimum absolute atomic E-state index is 0. The van der Waals surface area contributed by atoms with Gasteiger partial charge in [-0.1, -0.05) is 135 Å². The Balaban J connectivity index is 0. The molecule has 0 saturated carbocycles. The topological polar surface area (TPSA) is 72.3 Å². The second-order valence-corrected chi connectivity index (χ2v) is 8.21. The Morgan fingerprint density at radius 1 is 0.481 bits per heavy atom. The maximum absolute atomic E-state index is 10.4. The van der Waals surface area contributed by atoms with E-state index in [1.165, 1.54) is 122 Å². The molecule has 0 bridgehead atoms. The lowest BCUT2D eigenvalue weighted by atomic mass is 10.0. The Bertz CT molecular complexity index is 282. The molecule has 0 fully saturated rings. The molecule has 0 aliphatic carbocycles. The van der Waals surface area contributed by atoms with Crippen LogP contribution in [0.1, 0.15) is 148 Å². The number of hydrogen-bond acceptors (Lipinski definition) is 2. The van der Waals surface area contributed by atoms with Gasteiger partial charge in [-0.25, -0.2) is 0 Å². The molecule has 0 aromatic carbocycles. The van der Waals surface area contributed by atoms with Crippen molar-refractivity contribution >= 4 is 5.97 Å². The Hall–Kier alpha value is -0.570. The van der Waals surface area contributed by atoms with E-state index in [-0.39, 0.29) is 6.15 Å². The molecule has 0 aliphatic rings. The summed E-state index contributed by atoms with van der Waals surface area (Å²) in [6, 6.07) is 0. The first-order valence-electron chi connectivity index (χ1n) is 12.0. The number of rotatable bonds is 22. The van der Waals surface area contributed by atoms with Gasteiger partial charge in [0, 0.05) is 6.42 Å². The molecule has 4 N–H and O–H groups in total. The van der Waals surface area contributed by atoms with Crippen LogP contribution in [-0.2, 0) is 4.79 Å². The van der Waals surface area contributed by atoms with Crippen molar-refractivity contribution < 1.29 is 9.90 Å². The summed E-state index contributed by atoms with van der Waals surface area (Å²) in [6.07, 6.45) is 29.1. The Morgan fingerprint density at radius 3 is 0.926 bits per heavy atom. The molecule has 164 valence electrons. The highest BCUT2D eigenvalue weighted by Crippen LogP contribution is 2.15. The van der Waals surface area contributed by atoms with E-state index in [1.54, 1.807) is 0 Å². The molecule has 0 aromatic heterocycles. The smallest absolute Gasteiger partial charge is 0.303 e. The van der Waals surface area contributed by atoms with Crippen molar-refractivity contribution in [2.45, 2.75) is 148 Å². The lowest BCUT2D eigenvalue weighted by Gasteiger charge is -2.04. The van der Waals surface area contributed by atoms with E-state index in [4.69, 9.17) is 5.11 Å². The van der Waals surface area contributed by atoms with Gasteiger partial charge in [-0.2, -0.15) is 0 Å². The average molecular weight is 386 g/mol. The lowest BCUT2D eigenvalue weighted by molar-refractivity contribution is -0.137. The van der Waals surface area contributed by atoms with Crippen LogP contribution in [0.15, 0.2) is 0 Å². The van der Waals surface area contributed by atoms with E-state index >= 15 is 0 Å². The summed E-state index contributed by atoms with van der Waals surface area (Å²) in [5.74, 6) is -0.650. The third kappa shape index (κ3) is 27.7. The molecule has 0 heterocycles. The van der Waals surface area contributed by atoms with Gasteiger partial charge < -0.3 is 11.3 Å². The number of carboxylic acid groups (broad SMARTS) is 1. The van der Waals surface area contributed by atoms with Crippen LogP contribution in [-0.4, -0.2) is 11.1 Å². The molecule has 0 aliphatic heterocycles. The first-order valence-corrected chi connectivity index (χ1v) is 12.0. The van der Waals surface area contributed by atoms with Gasteiger partial charge in [-0.15, -0.1) is 0 Å². The molecule has 0 amide bonds. The lowest BCUT2D eigenvalue weighted by Crippen LogP contribution is -1.93. The molecule has 0 rings (SSSR count). The predicted molar refractivity (Wildman–Crippen MR) is 120 cm³/mol. The predicted octanol–water partition coefficient (Wildman–Crippen LogP) is 8.84. The van der Waals surface area contributed by atoms with Gasteiger partial charge in [-0.3, -0.25) is 4.79 Å². The van der Waals surface area contributed by atoms with E-state index < -0.39 is 5.97 Å². The molecule has 0 saturated heterocycles. The van der Waals surface area contributed by atoms with E-state index in [0.29, 0.717) is 6.42 Å². The van der Waals surface area contributed by atoms with E-state index in [9.17, 15) is 4.79 Å². The van der Waals surface area contributed by atoms with Crippen LogP contribution in [0.4, 0.5) is 0 Å². The minimum atomic E-state index is -0.650. The SMILES string of the molecule is CCCCCCCCCCCCCCCCCCCCCCCC(=O)O.N. The first kappa shape index (κ1) is 28.6. The Kier molecular flexibility index (Phi) is 27.0. The second-order valence-electron chi connectivity index (χ2n) is 8.21. The molecule has 0 radical (unpaired) electrons. The van der Waals surface area contributed by atoms with Gasteiger partial charge in [0.05, 0.1) is 0 Å². The normalized spacial score (nSPS) is 10.7. The van der Waals surface area contributed by atoms with Crippen molar-refractivity contribution in [2.75, 3.05) is 0 Å². The molecular weight excluding hydrogens is 334 g/mol. The van der Waals surface area contributed by atoms with Gasteiger partial charge in [-0.05, 0) is 6.42 Å². The zero-order valence-electron chi connectivity index (χ0n) is 18.6. The number of carboxylic acids is 1. The summed E-state index contributed by atoms with van der Waals surface area (Å²) < 4.78 is 0. The number of unbranched alkanes of at least 4 members (excludes halogenated alkanes) is 20. The first-order chi connectivity index (χ1) is 12.8. The fraction of sp³-hybridized carbons (Fsp3) is 0.958. The van der Waals surface area contributed by atoms with Crippen LogP contribution in [0.25, 0.3) is 0 Å². The summed E-state index contributed by atoms with van der Waals surface area (Å²) in [4.78, 5) is 10.4. The van der Waals surface area contributed by atoms with Crippen molar-refractivity contribution in [3.63, 3.8) is 0 Å². The van der Waals surface area contributed by atoms with Gasteiger partial charge in [0.25, 0.3) is 0 Å². The van der Waals surface area contributed by atoms with Crippen molar-refractivity contribution in [3.05, 3.63) is 0 Å². The largest absolute Gasteiger partial charge is 0.481 e. The van der Waals surface area contributed by atoms with Gasteiger partial charge in [0.15, 0.2) is 0 Å². The van der Waals surface area contributed by atoms with Gasteiger partial charge in [0.2, 0.25) is 0 Å². The van der Waals surface area contributed by atoms with Crippen LogP contribution in [0.3, 0.4) is 0 Å². The monoisotopic (exact) mass is 385 g/mol. The zero-order chi connectivity index (χ0) is 19.1. The summed E-state index contributed by atoms with van der Waals surface area (Å²) in [5, 5.41) is 8.57. The number of hydrogen-bond donors (Lipinski definition) is 2. The highest BCUT2D eigenvalue weighted by atomic mass is 16.4. The summed E-state index contributed by atoms with van der Waals surface area (Å²) in [7, 11) is 0. The van der Waals surface area contributed by atoms with Gasteiger partial charge >= 0.3 is 5.97 Å². The van der Waals surface area contributed by atoms with Crippen LogP contribution >= 0.6 is 0 Å². The third-order valence-electron chi connectivity index (χ3n) is 5.49. The summed E-state index contributed by atoms with van der Waals surface area (Å²) >= 11 is 0. The third-order valence-corrected chi connectivity index (χ3v) is 5.49. The maximum Gasteiger partial charge on any atom is 0.303 e.